The maximum absolute atomic E-state index is 11.8. The molecule has 1 aromatic rings. The Morgan fingerprint density at radius 3 is 2.95 bits per heavy atom. The molecule has 19 heavy (non-hydrogen) atoms. The average Bonchev–Trinajstić information content (AvgIpc) is 2.42. The fourth-order valence-electron chi connectivity index (χ4n) is 1.78. The van der Waals surface area contributed by atoms with E-state index in [0.29, 0.717) is 22.3 Å². The summed E-state index contributed by atoms with van der Waals surface area (Å²) >= 11 is 11.8. The summed E-state index contributed by atoms with van der Waals surface area (Å²) in [6.07, 6.45) is 3.05. The molecule has 2 amide bonds. The number of carbonyl (C=O) groups excluding carboxylic acids is 1. The van der Waals surface area contributed by atoms with Crippen LogP contribution in [0.5, 0.6) is 0 Å². The van der Waals surface area contributed by atoms with Gasteiger partial charge in [0.1, 0.15) is 0 Å². The van der Waals surface area contributed by atoms with Crippen molar-refractivity contribution < 1.29 is 4.79 Å². The van der Waals surface area contributed by atoms with Crippen LogP contribution >= 0.6 is 23.2 Å². The van der Waals surface area contributed by atoms with Crippen LogP contribution in [-0.4, -0.2) is 25.7 Å². The molecule has 0 spiro atoms. The highest BCUT2D eigenvalue weighted by Gasteiger charge is 2.08. The number of hydrogen-bond acceptors (Lipinski definition) is 2. The molecule has 1 aliphatic heterocycles. The Kier molecular flexibility index (Phi) is 5.07. The summed E-state index contributed by atoms with van der Waals surface area (Å²) in [5, 5.41) is 9.69. The highest BCUT2D eigenvalue weighted by molar-refractivity contribution is 6.35. The Hall–Kier alpha value is -1.23. The SMILES string of the molecule is O=C(NCC1=CCNCC1)Nc1cc(Cl)ccc1Cl. The van der Waals surface area contributed by atoms with Gasteiger partial charge in [-0.3, -0.25) is 0 Å². The molecule has 0 aliphatic carbocycles. The van der Waals surface area contributed by atoms with Gasteiger partial charge in [-0.1, -0.05) is 34.9 Å². The van der Waals surface area contributed by atoms with Gasteiger partial charge in [-0.2, -0.15) is 0 Å². The van der Waals surface area contributed by atoms with Gasteiger partial charge < -0.3 is 16.0 Å². The Labute approximate surface area is 122 Å². The third kappa shape index (κ3) is 4.42. The summed E-state index contributed by atoms with van der Waals surface area (Å²) in [4.78, 5) is 11.8. The van der Waals surface area contributed by atoms with Crippen LogP contribution in [0.1, 0.15) is 6.42 Å². The van der Waals surface area contributed by atoms with Crippen molar-refractivity contribution in [1.82, 2.24) is 10.6 Å². The fourth-order valence-corrected chi connectivity index (χ4v) is 2.12. The van der Waals surface area contributed by atoms with E-state index in [1.54, 1.807) is 18.2 Å². The molecule has 0 unspecified atom stereocenters. The van der Waals surface area contributed by atoms with Crippen molar-refractivity contribution >= 4 is 34.9 Å². The Morgan fingerprint density at radius 2 is 2.21 bits per heavy atom. The van der Waals surface area contributed by atoms with Crippen molar-refractivity contribution in [3.63, 3.8) is 0 Å². The zero-order valence-electron chi connectivity index (χ0n) is 10.3. The molecule has 0 fully saturated rings. The van der Waals surface area contributed by atoms with Crippen LogP contribution in [0.4, 0.5) is 10.5 Å². The summed E-state index contributed by atoms with van der Waals surface area (Å²) in [6, 6.07) is 4.65. The lowest BCUT2D eigenvalue weighted by atomic mass is 10.1. The largest absolute Gasteiger partial charge is 0.334 e. The molecule has 2 rings (SSSR count). The molecule has 1 aromatic carbocycles. The van der Waals surface area contributed by atoms with Gasteiger partial charge in [0.2, 0.25) is 0 Å². The van der Waals surface area contributed by atoms with Crippen LogP contribution < -0.4 is 16.0 Å². The van der Waals surface area contributed by atoms with Gasteiger partial charge in [0, 0.05) is 18.1 Å². The second-order valence-electron chi connectivity index (χ2n) is 4.25. The van der Waals surface area contributed by atoms with Gasteiger partial charge in [-0.15, -0.1) is 0 Å². The first-order valence-corrected chi connectivity index (χ1v) is 6.79. The number of rotatable bonds is 3. The van der Waals surface area contributed by atoms with Crippen molar-refractivity contribution in [2.75, 3.05) is 25.0 Å². The first-order chi connectivity index (χ1) is 9.15. The minimum absolute atomic E-state index is 0.288. The van der Waals surface area contributed by atoms with Crippen LogP contribution in [0.2, 0.25) is 10.0 Å². The minimum Gasteiger partial charge on any atom is -0.334 e. The zero-order valence-corrected chi connectivity index (χ0v) is 11.8. The maximum Gasteiger partial charge on any atom is 0.319 e. The normalized spacial score (nSPS) is 14.7. The molecule has 0 radical (unpaired) electrons. The number of nitrogens with one attached hydrogen (secondary N) is 3. The first-order valence-electron chi connectivity index (χ1n) is 6.03. The van der Waals surface area contributed by atoms with Crippen LogP contribution in [0.15, 0.2) is 29.8 Å². The van der Waals surface area contributed by atoms with Gasteiger partial charge in [-0.25, -0.2) is 4.79 Å². The molecule has 0 saturated carbocycles. The minimum atomic E-state index is -0.288. The van der Waals surface area contributed by atoms with E-state index in [1.807, 2.05) is 0 Å². The topological polar surface area (TPSA) is 53.2 Å². The average molecular weight is 300 g/mol. The van der Waals surface area contributed by atoms with Gasteiger partial charge in [0.05, 0.1) is 10.7 Å². The molecule has 0 saturated heterocycles. The van der Waals surface area contributed by atoms with E-state index in [9.17, 15) is 4.79 Å². The number of anilines is 1. The van der Waals surface area contributed by atoms with E-state index in [1.165, 1.54) is 5.57 Å². The molecular formula is C13H15Cl2N3O. The van der Waals surface area contributed by atoms with E-state index in [-0.39, 0.29) is 6.03 Å². The molecular weight excluding hydrogens is 285 g/mol. The lowest BCUT2D eigenvalue weighted by molar-refractivity contribution is 0.252. The van der Waals surface area contributed by atoms with E-state index in [0.717, 1.165) is 19.5 Å². The Balaban J connectivity index is 1.87. The summed E-state index contributed by atoms with van der Waals surface area (Å²) in [5.41, 5.74) is 1.73. The number of urea groups is 1. The third-order valence-electron chi connectivity index (χ3n) is 2.81. The molecule has 1 heterocycles. The lowest BCUT2D eigenvalue weighted by Crippen LogP contribution is -2.32. The van der Waals surface area contributed by atoms with Gasteiger partial charge >= 0.3 is 6.03 Å². The molecule has 102 valence electrons. The fraction of sp³-hybridized carbons (Fsp3) is 0.308. The number of halogens is 2. The highest BCUT2D eigenvalue weighted by atomic mass is 35.5. The number of carbonyl (C=O) groups is 1. The molecule has 4 nitrogen and oxygen atoms in total. The number of amides is 2. The summed E-state index contributed by atoms with van der Waals surface area (Å²) < 4.78 is 0. The van der Waals surface area contributed by atoms with E-state index in [2.05, 4.69) is 22.0 Å². The third-order valence-corrected chi connectivity index (χ3v) is 3.38. The van der Waals surface area contributed by atoms with Crippen molar-refractivity contribution in [1.29, 1.82) is 0 Å². The van der Waals surface area contributed by atoms with Crippen LogP contribution in [0.25, 0.3) is 0 Å². The van der Waals surface area contributed by atoms with E-state index < -0.39 is 0 Å². The molecule has 0 aromatic heterocycles. The second kappa shape index (κ2) is 6.80. The predicted molar refractivity (Wildman–Crippen MR) is 79.1 cm³/mol. The smallest absolute Gasteiger partial charge is 0.319 e. The molecule has 0 atom stereocenters. The molecule has 0 bridgehead atoms. The summed E-state index contributed by atoms with van der Waals surface area (Å²) in [5.74, 6) is 0. The van der Waals surface area contributed by atoms with Crippen molar-refractivity contribution in [2.45, 2.75) is 6.42 Å². The van der Waals surface area contributed by atoms with E-state index >= 15 is 0 Å². The van der Waals surface area contributed by atoms with Crippen LogP contribution in [0, 0.1) is 0 Å². The molecule has 6 heteroatoms. The Morgan fingerprint density at radius 1 is 1.37 bits per heavy atom. The maximum atomic E-state index is 11.8. The monoisotopic (exact) mass is 299 g/mol. The summed E-state index contributed by atoms with van der Waals surface area (Å²) in [7, 11) is 0. The van der Waals surface area contributed by atoms with Gasteiger partial charge in [0.25, 0.3) is 0 Å². The lowest BCUT2D eigenvalue weighted by Gasteiger charge is -2.15. The van der Waals surface area contributed by atoms with Gasteiger partial charge in [0.15, 0.2) is 0 Å². The number of hydrogen-bond donors (Lipinski definition) is 3. The van der Waals surface area contributed by atoms with Crippen molar-refractivity contribution in [3.05, 3.63) is 39.9 Å². The van der Waals surface area contributed by atoms with Crippen molar-refractivity contribution in [3.8, 4) is 0 Å². The van der Waals surface area contributed by atoms with Crippen molar-refractivity contribution in [2.24, 2.45) is 0 Å². The first kappa shape index (κ1) is 14.2. The Bertz CT molecular complexity index is 503. The quantitative estimate of drug-likeness (QED) is 0.752. The second-order valence-corrected chi connectivity index (χ2v) is 5.09. The highest BCUT2D eigenvalue weighted by Crippen LogP contribution is 2.25. The standard InChI is InChI=1S/C13H15Cl2N3O/c14-10-1-2-11(15)12(7-10)18-13(19)17-8-9-3-5-16-6-4-9/h1-3,7,16H,4-6,8H2,(H2,17,18,19). The zero-order chi connectivity index (χ0) is 13.7. The predicted octanol–water partition coefficient (Wildman–Crippen LogP) is 3.03. The van der Waals surface area contributed by atoms with Crippen LogP contribution in [0.3, 0.4) is 0 Å². The summed E-state index contributed by atoms with van der Waals surface area (Å²) in [6.45, 7) is 2.36. The van der Waals surface area contributed by atoms with Gasteiger partial charge in [-0.05, 0) is 31.2 Å². The molecule has 1 aliphatic rings. The van der Waals surface area contributed by atoms with Crippen LogP contribution in [-0.2, 0) is 0 Å². The molecule has 3 N–H and O–H groups in total. The number of benzene rings is 1. The van der Waals surface area contributed by atoms with E-state index in [4.69, 9.17) is 23.2 Å².